The number of benzene rings is 1. The minimum Gasteiger partial charge on any atom is -0.496 e. The van der Waals surface area contributed by atoms with E-state index >= 15 is 0 Å². The number of aromatic nitrogens is 2. The average molecular weight is 1290 g/mol. The Bertz CT molecular complexity index is 2330. The number of rotatable bonds is 58. The van der Waals surface area contributed by atoms with Crippen LogP contribution >= 0.6 is 11.3 Å². The second-order valence-corrected chi connectivity index (χ2v) is 21.5. The molecule has 0 spiro atoms. The largest absolute Gasteiger partial charge is 0.496 e. The van der Waals surface area contributed by atoms with Crippen molar-refractivity contribution in [1.82, 2.24) is 30.7 Å². The first-order chi connectivity index (χ1) is 43.3. The van der Waals surface area contributed by atoms with Crippen LogP contribution in [0.1, 0.15) is 93.0 Å². The van der Waals surface area contributed by atoms with Crippen molar-refractivity contribution in [3.8, 4) is 5.75 Å². The number of methoxy groups -OCH3 is 1. The van der Waals surface area contributed by atoms with E-state index < -0.39 is 29.4 Å². The highest BCUT2D eigenvalue weighted by molar-refractivity contribution is 7.15. The predicted molar refractivity (Wildman–Crippen MR) is 331 cm³/mol. The molecule has 3 rings (SSSR count). The number of alkyl carbamates (subject to hydrolysis) is 1. The van der Waals surface area contributed by atoms with Crippen LogP contribution in [0.25, 0.3) is 4.96 Å². The van der Waals surface area contributed by atoms with Gasteiger partial charge in [0.1, 0.15) is 22.8 Å². The molecule has 89 heavy (non-hydrogen) atoms. The summed E-state index contributed by atoms with van der Waals surface area (Å²) in [7, 11) is 1.45. The Morgan fingerprint density at radius 2 is 1.06 bits per heavy atom. The Morgan fingerprint density at radius 3 is 1.57 bits per heavy atom. The van der Waals surface area contributed by atoms with Gasteiger partial charge in [-0.1, -0.05) is 6.42 Å². The van der Waals surface area contributed by atoms with E-state index in [9.17, 15) is 28.8 Å². The van der Waals surface area contributed by atoms with Crippen molar-refractivity contribution < 1.29 is 95.1 Å². The number of imidazole rings is 1. The molecule has 0 fully saturated rings. The summed E-state index contributed by atoms with van der Waals surface area (Å²) in [5.41, 5.74) is 5.64. The first-order valence-corrected chi connectivity index (χ1v) is 31.5. The molecule has 506 valence electrons. The van der Waals surface area contributed by atoms with Crippen LogP contribution in [0.2, 0.25) is 0 Å². The molecule has 0 bridgehead atoms. The number of nitrogens with zero attached hydrogens (tertiary/aromatic N) is 2. The SMILES string of the molecule is COc1ccc(NC(=O)c2cn3ccsc3n2)cc1C(=O)NCCCC(=O)NCCOCCOCCOCCOCCNC(=O)[C@@H](CCCCNC(=O)OC(C)(C)C)CCC(=O)CCOCCOCCOCCOCCOCCOCCOCCOCCN. The van der Waals surface area contributed by atoms with E-state index in [4.69, 9.17) is 72.0 Å². The third-order valence-electron chi connectivity index (χ3n) is 12.3. The van der Waals surface area contributed by atoms with Crippen molar-refractivity contribution in [2.75, 3.05) is 204 Å². The Balaban J connectivity index is 1.13. The van der Waals surface area contributed by atoms with Gasteiger partial charge in [0.25, 0.3) is 11.8 Å². The molecule has 1 aromatic carbocycles. The molecular weight excluding hydrogens is 1180 g/mol. The van der Waals surface area contributed by atoms with Crippen LogP contribution < -0.4 is 37.1 Å². The Morgan fingerprint density at radius 1 is 0.551 bits per heavy atom. The molecule has 29 heteroatoms. The maximum Gasteiger partial charge on any atom is 0.407 e. The molecule has 2 heterocycles. The molecule has 5 amide bonds. The van der Waals surface area contributed by atoms with Crippen LogP contribution in [0, 0.1) is 5.92 Å². The van der Waals surface area contributed by atoms with E-state index in [1.54, 1.807) is 43.5 Å². The van der Waals surface area contributed by atoms with Crippen LogP contribution in [0.4, 0.5) is 10.5 Å². The van der Waals surface area contributed by atoms with Gasteiger partial charge < -0.3 is 98.6 Å². The highest BCUT2D eigenvalue weighted by Gasteiger charge is 2.21. The first kappa shape index (κ1) is 77.7. The number of thiazole rings is 1. The van der Waals surface area contributed by atoms with E-state index in [0.29, 0.717) is 213 Å². The molecule has 0 aliphatic rings. The van der Waals surface area contributed by atoms with E-state index in [-0.39, 0.29) is 74.4 Å². The molecule has 0 unspecified atom stereocenters. The third kappa shape index (κ3) is 40.8. The lowest BCUT2D eigenvalue weighted by Crippen LogP contribution is -2.34. The number of Topliss-reactive ketones (excluding diaryl/α,β-unsaturated/α-hetero) is 1. The molecule has 3 aromatic rings. The molecule has 28 nitrogen and oxygen atoms in total. The fraction of sp³-hybridized carbons (Fsp3) is 0.717. The standard InChI is InChI=1S/C60H100N8O20S/c1-60(2,3)88-59(74)65-16-6-5-8-48(10-12-50(69)14-21-76-25-29-80-33-37-84-39-41-86-43-44-87-42-40-85-38-34-81-30-26-77-22-15-61)55(71)64-19-24-79-28-32-83-36-35-82-31-27-78-23-18-62-54(70)9-7-17-63-56(72)51-46-49(11-13-53(51)75-4)66-57(73)52-47-68-20-45-89-58(68)67-52/h11,13,20,45-48H,5-10,12,14-19,21-44,61H2,1-4H3,(H,62,70)(H,63,72)(H,64,71)(H,65,74)(H,66,73)/t48-/m0/s1. The number of ether oxygens (including phenoxy) is 14. The Kier molecular flexibility index (Phi) is 44.7. The molecule has 2 aromatic heterocycles. The second-order valence-electron chi connectivity index (χ2n) is 20.7. The molecular formula is C60H100N8O20S. The maximum atomic E-state index is 13.3. The average Bonchev–Trinajstić information content (AvgIpc) is 3.41. The number of nitrogens with two attached hydrogens (primary N) is 1. The summed E-state index contributed by atoms with van der Waals surface area (Å²) in [6.45, 7) is 16.8. The summed E-state index contributed by atoms with van der Waals surface area (Å²) < 4.78 is 78.5. The van der Waals surface area contributed by atoms with Gasteiger partial charge in [0.2, 0.25) is 11.8 Å². The van der Waals surface area contributed by atoms with Crippen LogP contribution in [0.15, 0.2) is 36.0 Å². The number of hydrogen-bond donors (Lipinski definition) is 6. The number of hydrogen-bond acceptors (Lipinski definition) is 23. The molecule has 0 saturated carbocycles. The summed E-state index contributed by atoms with van der Waals surface area (Å²) in [5.74, 6) is -1.22. The third-order valence-corrected chi connectivity index (χ3v) is 13.1. The summed E-state index contributed by atoms with van der Waals surface area (Å²) in [6, 6.07) is 4.76. The number of carbonyl (C=O) groups is 6. The molecule has 0 saturated heterocycles. The van der Waals surface area contributed by atoms with Crippen molar-refractivity contribution in [1.29, 1.82) is 0 Å². The summed E-state index contributed by atoms with van der Waals surface area (Å²) >= 11 is 1.41. The quantitative estimate of drug-likeness (QED) is 0.0440. The number of anilines is 1. The number of unbranched alkanes of at least 4 members (excludes halogenated alkanes) is 1. The summed E-state index contributed by atoms with van der Waals surface area (Å²) in [5, 5.41) is 15.9. The number of amides is 5. The highest BCUT2D eigenvalue weighted by atomic mass is 32.1. The zero-order chi connectivity index (χ0) is 64.3. The fourth-order valence-electron chi connectivity index (χ4n) is 7.84. The highest BCUT2D eigenvalue weighted by Crippen LogP contribution is 2.24. The maximum absolute atomic E-state index is 13.3. The smallest absolute Gasteiger partial charge is 0.407 e. The molecule has 0 radical (unpaired) electrons. The molecule has 1 atom stereocenters. The van der Waals surface area contributed by atoms with Crippen molar-refractivity contribution in [2.24, 2.45) is 11.7 Å². The van der Waals surface area contributed by atoms with Crippen LogP contribution in [0.5, 0.6) is 5.75 Å². The zero-order valence-corrected chi connectivity index (χ0v) is 53.6. The lowest BCUT2D eigenvalue weighted by molar-refractivity contribution is -0.126. The predicted octanol–water partition coefficient (Wildman–Crippen LogP) is 3.61. The van der Waals surface area contributed by atoms with Crippen molar-refractivity contribution in [3.05, 3.63) is 47.2 Å². The van der Waals surface area contributed by atoms with Crippen molar-refractivity contribution in [3.63, 3.8) is 0 Å². The van der Waals surface area contributed by atoms with E-state index in [1.807, 2.05) is 11.6 Å². The van der Waals surface area contributed by atoms with Gasteiger partial charge in [-0.3, -0.25) is 28.4 Å². The number of ketones is 1. The second kappa shape index (κ2) is 51.1. The van der Waals surface area contributed by atoms with Crippen molar-refractivity contribution in [2.45, 2.75) is 77.7 Å². The van der Waals surface area contributed by atoms with E-state index in [2.05, 4.69) is 31.6 Å². The minimum absolute atomic E-state index is 0.00101. The molecule has 0 aliphatic carbocycles. The van der Waals surface area contributed by atoms with Gasteiger partial charge in [-0.15, -0.1) is 11.3 Å². The van der Waals surface area contributed by atoms with Crippen LogP contribution in [0.3, 0.4) is 0 Å². The van der Waals surface area contributed by atoms with E-state index in [1.165, 1.54) is 24.5 Å². The Labute approximate surface area is 527 Å². The van der Waals surface area contributed by atoms with Crippen LogP contribution in [-0.2, 0) is 76.0 Å². The van der Waals surface area contributed by atoms with Gasteiger partial charge in [0.15, 0.2) is 4.96 Å². The zero-order valence-electron chi connectivity index (χ0n) is 52.7. The number of carbonyl (C=O) groups excluding carboxylic acids is 6. The lowest BCUT2D eigenvalue weighted by atomic mass is 9.94. The van der Waals surface area contributed by atoms with Crippen molar-refractivity contribution >= 4 is 57.5 Å². The molecule has 7 N–H and O–H groups in total. The number of fused-ring (bicyclic) bond motifs is 1. The monoisotopic (exact) mass is 1280 g/mol. The topological polar surface area (TPSA) is 335 Å². The Hall–Kier alpha value is -5.51. The van der Waals surface area contributed by atoms with Gasteiger partial charge >= 0.3 is 6.09 Å². The van der Waals surface area contributed by atoms with Gasteiger partial charge in [0, 0.05) is 81.4 Å². The fourth-order valence-corrected chi connectivity index (χ4v) is 8.54. The van der Waals surface area contributed by atoms with E-state index in [0.717, 1.165) is 0 Å². The lowest BCUT2D eigenvalue weighted by Gasteiger charge is -2.20. The van der Waals surface area contributed by atoms with Gasteiger partial charge in [-0.2, -0.15) is 0 Å². The van der Waals surface area contributed by atoms with Gasteiger partial charge in [-0.25, -0.2) is 9.78 Å². The number of nitrogens with one attached hydrogen (secondary N) is 5. The minimum atomic E-state index is -0.606. The van der Waals surface area contributed by atoms with Gasteiger partial charge in [0.05, 0.1) is 171 Å². The first-order valence-electron chi connectivity index (χ1n) is 30.6. The summed E-state index contributed by atoms with van der Waals surface area (Å²) in [6.07, 6.45) is 6.23. The molecule has 0 aliphatic heterocycles. The van der Waals surface area contributed by atoms with Gasteiger partial charge in [-0.05, 0) is 64.7 Å². The van der Waals surface area contributed by atoms with Crippen LogP contribution in [-0.4, -0.2) is 249 Å². The normalized spacial score (nSPS) is 11.8. The summed E-state index contributed by atoms with van der Waals surface area (Å²) in [4.78, 5) is 81.3.